The molecular weight excluding hydrogens is 406 g/mol. The molecule has 0 radical (unpaired) electrons. The first-order valence-electron chi connectivity index (χ1n) is 11.3. The SMILES string of the molecule is CCOC(=O)CCC(=O)N(CCCCCCNc1ccccn1)Cc1ccccc1OC. The number of methoxy groups -OCH3 is 1. The third kappa shape index (κ3) is 9.37. The van der Waals surface area contributed by atoms with E-state index in [1.165, 1.54) is 0 Å². The number of carbonyl (C=O) groups excluding carboxylic acids is 2. The second-order valence-electron chi connectivity index (χ2n) is 7.49. The molecule has 174 valence electrons. The molecule has 0 saturated carbocycles. The lowest BCUT2D eigenvalue weighted by Gasteiger charge is -2.24. The molecule has 2 rings (SSSR count). The van der Waals surface area contributed by atoms with E-state index in [2.05, 4.69) is 10.3 Å². The lowest BCUT2D eigenvalue weighted by Crippen LogP contribution is -2.32. The number of rotatable bonds is 15. The highest BCUT2D eigenvalue weighted by Crippen LogP contribution is 2.20. The van der Waals surface area contributed by atoms with E-state index in [1.807, 2.05) is 47.4 Å². The van der Waals surface area contributed by atoms with Crippen LogP contribution in [0.15, 0.2) is 48.7 Å². The highest BCUT2D eigenvalue weighted by Gasteiger charge is 2.17. The summed E-state index contributed by atoms with van der Waals surface area (Å²) < 4.78 is 10.4. The summed E-state index contributed by atoms with van der Waals surface area (Å²) in [5.74, 6) is 1.28. The van der Waals surface area contributed by atoms with Crippen LogP contribution in [0.5, 0.6) is 5.75 Å². The first kappa shape index (κ1) is 25.2. The Labute approximate surface area is 191 Å². The Kier molecular flexibility index (Phi) is 11.7. The van der Waals surface area contributed by atoms with E-state index in [0.29, 0.717) is 19.7 Å². The zero-order valence-electron chi connectivity index (χ0n) is 19.2. The summed E-state index contributed by atoms with van der Waals surface area (Å²) in [5.41, 5.74) is 0.957. The van der Waals surface area contributed by atoms with Crippen LogP contribution in [-0.2, 0) is 20.9 Å². The largest absolute Gasteiger partial charge is 0.496 e. The van der Waals surface area contributed by atoms with Gasteiger partial charge in [0.25, 0.3) is 0 Å². The molecule has 1 amide bonds. The Morgan fingerprint density at radius 2 is 1.78 bits per heavy atom. The highest BCUT2D eigenvalue weighted by molar-refractivity contribution is 5.81. The van der Waals surface area contributed by atoms with Gasteiger partial charge < -0.3 is 19.7 Å². The molecule has 0 fully saturated rings. The molecule has 0 aliphatic rings. The minimum absolute atomic E-state index is 0.0409. The maximum absolute atomic E-state index is 12.8. The first-order chi connectivity index (χ1) is 15.6. The molecule has 32 heavy (non-hydrogen) atoms. The number of unbranched alkanes of at least 4 members (excludes halogenated alkanes) is 3. The average molecular weight is 442 g/mol. The number of hydrogen-bond acceptors (Lipinski definition) is 6. The van der Waals surface area contributed by atoms with Crippen molar-refractivity contribution in [3.63, 3.8) is 0 Å². The molecule has 0 unspecified atom stereocenters. The van der Waals surface area contributed by atoms with Crippen molar-refractivity contribution in [1.82, 2.24) is 9.88 Å². The van der Waals surface area contributed by atoms with Crippen LogP contribution in [0.1, 0.15) is 51.0 Å². The van der Waals surface area contributed by atoms with Gasteiger partial charge in [-0.3, -0.25) is 9.59 Å². The molecule has 0 saturated heterocycles. The lowest BCUT2D eigenvalue weighted by atomic mass is 10.1. The summed E-state index contributed by atoms with van der Waals surface area (Å²) in [4.78, 5) is 30.6. The van der Waals surface area contributed by atoms with E-state index in [9.17, 15) is 9.59 Å². The standard InChI is InChI=1S/C25H35N3O4/c1-3-32-25(30)16-15-24(29)28(20-21-12-6-7-13-22(21)31-2)19-11-5-4-9-17-26-23-14-8-10-18-27-23/h6-8,10,12-14,18H,3-5,9,11,15-17,19-20H2,1-2H3,(H,26,27). The van der Waals surface area contributed by atoms with Crippen molar-refractivity contribution in [1.29, 1.82) is 0 Å². The number of hydrogen-bond donors (Lipinski definition) is 1. The molecule has 0 aliphatic carbocycles. The summed E-state index contributed by atoms with van der Waals surface area (Å²) >= 11 is 0. The Balaban J connectivity index is 1.81. The lowest BCUT2D eigenvalue weighted by molar-refractivity contribution is -0.145. The molecular formula is C25H35N3O4. The van der Waals surface area contributed by atoms with E-state index >= 15 is 0 Å². The smallest absolute Gasteiger partial charge is 0.306 e. The van der Waals surface area contributed by atoms with Crippen LogP contribution in [0.4, 0.5) is 5.82 Å². The van der Waals surface area contributed by atoms with E-state index < -0.39 is 0 Å². The Morgan fingerprint density at radius 3 is 2.53 bits per heavy atom. The first-order valence-corrected chi connectivity index (χ1v) is 11.3. The molecule has 7 heteroatoms. The minimum Gasteiger partial charge on any atom is -0.496 e. The number of benzene rings is 1. The van der Waals surface area contributed by atoms with Gasteiger partial charge in [0.05, 0.1) is 20.1 Å². The zero-order valence-corrected chi connectivity index (χ0v) is 19.2. The zero-order chi connectivity index (χ0) is 23.0. The van der Waals surface area contributed by atoms with E-state index in [1.54, 1.807) is 20.2 Å². The third-order valence-corrected chi connectivity index (χ3v) is 5.08. The molecule has 1 aromatic heterocycles. The van der Waals surface area contributed by atoms with Gasteiger partial charge in [0, 0.05) is 37.8 Å². The number of anilines is 1. The number of nitrogens with one attached hydrogen (secondary N) is 1. The summed E-state index contributed by atoms with van der Waals surface area (Å²) in [7, 11) is 1.63. The van der Waals surface area contributed by atoms with Gasteiger partial charge in [-0.1, -0.05) is 37.1 Å². The van der Waals surface area contributed by atoms with E-state index in [4.69, 9.17) is 9.47 Å². The third-order valence-electron chi connectivity index (χ3n) is 5.08. The number of para-hydroxylation sites is 1. The number of carbonyl (C=O) groups is 2. The molecule has 0 atom stereocenters. The van der Waals surface area contributed by atoms with Gasteiger partial charge in [-0.05, 0) is 38.0 Å². The molecule has 1 heterocycles. The van der Waals surface area contributed by atoms with Crippen molar-refractivity contribution in [3.8, 4) is 5.75 Å². The monoisotopic (exact) mass is 441 g/mol. The van der Waals surface area contributed by atoms with Crippen LogP contribution in [0.3, 0.4) is 0 Å². The topological polar surface area (TPSA) is 80.8 Å². The fourth-order valence-electron chi connectivity index (χ4n) is 3.40. The van der Waals surface area contributed by atoms with Gasteiger partial charge in [-0.2, -0.15) is 0 Å². The molecule has 0 aliphatic heterocycles. The van der Waals surface area contributed by atoms with Crippen LogP contribution < -0.4 is 10.1 Å². The number of ether oxygens (including phenoxy) is 2. The van der Waals surface area contributed by atoms with Gasteiger partial charge in [-0.25, -0.2) is 4.98 Å². The van der Waals surface area contributed by atoms with Crippen LogP contribution in [0, 0.1) is 0 Å². The number of amides is 1. The summed E-state index contributed by atoms with van der Waals surface area (Å²) in [5, 5.41) is 3.31. The van der Waals surface area contributed by atoms with Gasteiger partial charge in [0.2, 0.25) is 5.91 Å². The number of aromatic nitrogens is 1. The van der Waals surface area contributed by atoms with Crippen molar-refractivity contribution < 1.29 is 19.1 Å². The predicted octanol–water partition coefficient (Wildman–Crippen LogP) is 4.43. The fraction of sp³-hybridized carbons (Fsp3) is 0.480. The van der Waals surface area contributed by atoms with Gasteiger partial charge in [0.1, 0.15) is 11.6 Å². The maximum Gasteiger partial charge on any atom is 0.306 e. The quantitative estimate of drug-likeness (QED) is 0.325. The summed E-state index contributed by atoms with van der Waals surface area (Å²) in [6, 6.07) is 13.5. The molecule has 2 aromatic rings. The van der Waals surface area contributed by atoms with E-state index in [0.717, 1.165) is 49.4 Å². The molecule has 7 nitrogen and oxygen atoms in total. The average Bonchev–Trinajstić information content (AvgIpc) is 2.82. The van der Waals surface area contributed by atoms with Gasteiger partial charge in [0.15, 0.2) is 0 Å². The number of esters is 1. The van der Waals surface area contributed by atoms with Crippen molar-refractivity contribution in [2.75, 3.05) is 32.1 Å². The van der Waals surface area contributed by atoms with Gasteiger partial charge >= 0.3 is 5.97 Å². The second-order valence-corrected chi connectivity index (χ2v) is 7.49. The van der Waals surface area contributed by atoms with Crippen LogP contribution in [0.25, 0.3) is 0 Å². The van der Waals surface area contributed by atoms with Crippen molar-refractivity contribution in [2.24, 2.45) is 0 Å². The van der Waals surface area contributed by atoms with Gasteiger partial charge in [-0.15, -0.1) is 0 Å². The van der Waals surface area contributed by atoms with Crippen LogP contribution in [0.2, 0.25) is 0 Å². The molecule has 1 aromatic carbocycles. The number of nitrogens with zero attached hydrogens (tertiary/aromatic N) is 2. The number of pyridine rings is 1. The Morgan fingerprint density at radius 1 is 1.00 bits per heavy atom. The maximum atomic E-state index is 12.8. The molecule has 1 N–H and O–H groups in total. The normalized spacial score (nSPS) is 10.4. The van der Waals surface area contributed by atoms with Crippen molar-refractivity contribution >= 4 is 17.7 Å². The highest BCUT2D eigenvalue weighted by atomic mass is 16.5. The predicted molar refractivity (Wildman–Crippen MR) is 125 cm³/mol. The van der Waals surface area contributed by atoms with Crippen molar-refractivity contribution in [2.45, 2.75) is 52.0 Å². The summed E-state index contributed by atoms with van der Waals surface area (Å²) in [6.07, 6.45) is 6.08. The van der Waals surface area contributed by atoms with E-state index in [-0.39, 0.29) is 24.7 Å². The van der Waals surface area contributed by atoms with Crippen LogP contribution in [-0.4, -0.2) is 48.6 Å². The van der Waals surface area contributed by atoms with Crippen LogP contribution >= 0.6 is 0 Å². The minimum atomic E-state index is -0.335. The molecule has 0 bridgehead atoms. The fourth-order valence-corrected chi connectivity index (χ4v) is 3.40. The Hall–Kier alpha value is -3.09. The Bertz CT molecular complexity index is 814. The second kappa shape index (κ2) is 14.8. The van der Waals surface area contributed by atoms with Crippen molar-refractivity contribution in [3.05, 3.63) is 54.2 Å². The molecule has 0 spiro atoms. The summed E-state index contributed by atoms with van der Waals surface area (Å²) in [6.45, 7) is 4.08.